The van der Waals surface area contributed by atoms with Crippen molar-refractivity contribution >= 4 is 28.0 Å². The van der Waals surface area contributed by atoms with Gasteiger partial charge in [-0.05, 0) is 35.9 Å². The third kappa shape index (κ3) is 4.87. The molecule has 0 saturated carbocycles. The van der Waals surface area contributed by atoms with E-state index < -0.39 is 32.0 Å². The molecule has 2 N–H and O–H groups in total. The van der Waals surface area contributed by atoms with E-state index in [4.69, 9.17) is 8.92 Å². The van der Waals surface area contributed by atoms with Crippen molar-refractivity contribution in [2.75, 3.05) is 7.11 Å². The van der Waals surface area contributed by atoms with Gasteiger partial charge in [-0.1, -0.05) is 30.3 Å². The maximum atomic E-state index is 12.4. The molecule has 160 valence electrons. The summed E-state index contributed by atoms with van der Waals surface area (Å²) in [6, 6.07) is 11.8. The molecule has 11 nitrogen and oxygen atoms in total. The van der Waals surface area contributed by atoms with Crippen LogP contribution >= 0.6 is 0 Å². The lowest BCUT2D eigenvalue weighted by atomic mass is 10.1. The zero-order valence-corrected chi connectivity index (χ0v) is 16.7. The van der Waals surface area contributed by atoms with Crippen LogP contribution in [0.4, 0.5) is 5.69 Å². The molecule has 0 amide bonds. The van der Waals surface area contributed by atoms with Gasteiger partial charge in [-0.3, -0.25) is 19.9 Å². The quantitative estimate of drug-likeness (QED) is 0.317. The fourth-order valence-electron chi connectivity index (χ4n) is 2.59. The Bertz CT molecular complexity index is 1380. The Morgan fingerprint density at radius 1 is 1.00 bits per heavy atom. The van der Waals surface area contributed by atoms with Crippen LogP contribution in [0.25, 0.3) is 12.2 Å². The summed E-state index contributed by atoms with van der Waals surface area (Å²) in [6.07, 6.45) is 2.54. The summed E-state index contributed by atoms with van der Waals surface area (Å²) in [5.41, 5.74) is -2.73. The van der Waals surface area contributed by atoms with Crippen LogP contribution in [0.2, 0.25) is 0 Å². The predicted molar refractivity (Wildman–Crippen MR) is 111 cm³/mol. The molecule has 0 aliphatic rings. The summed E-state index contributed by atoms with van der Waals surface area (Å²) in [7, 11) is -2.78. The molecular formula is C19H15N3O8S. The van der Waals surface area contributed by atoms with Crippen LogP contribution in [0.5, 0.6) is 11.5 Å². The number of aromatic amines is 2. The lowest BCUT2D eigenvalue weighted by molar-refractivity contribution is -0.386. The Morgan fingerprint density at radius 3 is 2.35 bits per heavy atom. The molecule has 2 aromatic carbocycles. The van der Waals surface area contributed by atoms with Crippen molar-refractivity contribution in [3.8, 4) is 11.5 Å². The van der Waals surface area contributed by atoms with Gasteiger partial charge in [-0.25, -0.2) is 4.79 Å². The summed E-state index contributed by atoms with van der Waals surface area (Å²) in [4.78, 5) is 37.2. The summed E-state index contributed by atoms with van der Waals surface area (Å²) in [5, 5.41) is 11.1. The van der Waals surface area contributed by atoms with Crippen LogP contribution in [0.15, 0.2) is 63.0 Å². The molecule has 0 radical (unpaired) electrons. The fourth-order valence-corrected chi connectivity index (χ4v) is 3.55. The highest BCUT2D eigenvalue weighted by Crippen LogP contribution is 2.31. The monoisotopic (exact) mass is 445 g/mol. The SMILES string of the molecule is COc1cc(/C=C/c2[nH]c(=O)[nH]c(=O)c2[N+](=O)[O-])ccc1OS(=O)(=O)c1ccccc1. The third-order valence-electron chi connectivity index (χ3n) is 3.99. The Hall–Kier alpha value is -4.19. The molecule has 1 heterocycles. The highest BCUT2D eigenvalue weighted by Gasteiger charge is 2.20. The van der Waals surface area contributed by atoms with Crippen LogP contribution in [0, 0.1) is 10.1 Å². The highest BCUT2D eigenvalue weighted by molar-refractivity contribution is 7.87. The van der Waals surface area contributed by atoms with Gasteiger partial charge in [0.1, 0.15) is 10.6 Å². The van der Waals surface area contributed by atoms with Crippen molar-refractivity contribution in [1.29, 1.82) is 0 Å². The first-order valence-corrected chi connectivity index (χ1v) is 9.99. The Kier molecular flexibility index (Phi) is 6.02. The van der Waals surface area contributed by atoms with E-state index in [1.807, 2.05) is 0 Å². The van der Waals surface area contributed by atoms with Crippen LogP contribution < -0.4 is 20.2 Å². The third-order valence-corrected chi connectivity index (χ3v) is 5.24. The second-order valence-corrected chi connectivity index (χ2v) is 7.57. The molecule has 3 rings (SSSR count). The minimum atomic E-state index is -4.09. The van der Waals surface area contributed by atoms with Gasteiger partial charge in [0.15, 0.2) is 11.5 Å². The smallest absolute Gasteiger partial charge is 0.357 e. The van der Waals surface area contributed by atoms with Gasteiger partial charge in [0, 0.05) is 0 Å². The number of H-pyrrole nitrogens is 2. The molecule has 0 fully saturated rings. The number of rotatable bonds is 7. The van der Waals surface area contributed by atoms with E-state index in [1.54, 1.807) is 23.2 Å². The first kappa shape index (κ1) is 21.5. The fraction of sp³-hybridized carbons (Fsp3) is 0.0526. The summed E-state index contributed by atoms with van der Waals surface area (Å²) >= 11 is 0. The molecule has 0 unspecified atom stereocenters. The molecule has 0 aliphatic carbocycles. The lowest BCUT2D eigenvalue weighted by Gasteiger charge is -2.11. The lowest BCUT2D eigenvalue weighted by Crippen LogP contribution is -2.25. The molecule has 3 aromatic rings. The van der Waals surface area contributed by atoms with Crippen molar-refractivity contribution in [3.05, 3.63) is 90.7 Å². The molecule has 0 aliphatic heterocycles. The number of nitro groups is 1. The van der Waals surface area contributed by atoms with E-state index in [-0.39, 0.29) is 22.1 Å². The summed E-state index contributed by atoms with van der Waals surface area (Å²) in [6.45, 7) is 0. The number of ether oxygens (including phenoxy) is 1. The Morgan fingerprint density at radius 2 is 1.71 bits per heavy atom. The molecule has 0 spiro atoms. The van der Waals surface area contributed by atoms with Crippen LogP contribution in [-0.2, 0) is 10.1 Å². The zero-order valence-electron chi connectivity index (χ0n) is 15.9. The van der Waals surface area contributed by atoms with E-state index >= 15 is 0 Å². The molecule has 0 bridgehead atoms. The van der Waals surface area contributed by atoms with Crippen molar-refractivity contribution in [2.24, 2.45) is 0 Å². The molecule has 12 heteroatoms. The molecule has 0 saturated heterocycles. The number of benzene rings is 2. The van der Waals surface area contributed by atoms with Gasteiger partial charge in [0.25, 0.3) is 0 Å². The number of methoxy groups -OCH3 is 1. The van der Waals surface area contributed by atoms with Crippen molar-refractivity contribution < 1.29 is 22.3 Å². The average molecular weight is 445 g/mol. The normalized spacial score (nSPS) is 11.4. The van der Waals surface area contributed by atoms with E-state index in [2.05, 4.69) is 4.98 Å². The topological polar surface area (TPSA) is 161 Å². The van der Waals surface area contributed by atoms with Gasteiger partial charge >= 0.3 is 27.1 Å². The maximum absolute atomic E-state index is 12.4. The van der Waals surface area contributed by atoms with Crippen molar-refractivity contribution in [1.82, 2.24) is 9.97 Å². The molecule has 31 heavy (non-hydrogen) atoms. The Balaban J connectivity index is 1.94. The second kappa shape index (κ2) is 8.67. The van der Waals surface area contributed by atoms with Gasteiger partial charge < -0.3 is 13.9 Å². The van der Waals surface area contributed by atoms with E-state index in [9.17, 15) is 28.1 Å². The van der Waals surface area contributed by atoms with Gasteiger partial charge in [0.2, 0.25) is 0 Å². The number of aromatic nitrogens is 2. The summed E-state index contributed by atoms with van der Waals surface area (Å²) in [5.74, 6) is 0.00889. The first-order valence-electron chi connectivity index (χ1n) is 8.58. The van der Waals surface area contributed by atoms with Crippen LogP contribution in [0.3, 0.4) is 0 Å². The average Bonchev–Trinajstić information content (AvgIpc) is 2.72. The number of hydrogen-bond donors (Lipinski definition) is 2. The minimum absolute atomic E-state index is 0.0356. The highest BCUT2D eigenvalue weighted by atomic mass is 32.2. The largest absolute Gasteiger partial charge is 0.493 e. The van der Waals surface area contributed by atoms with Crippen molar-refractivity contribution in [3.63, 3.8) is 0 Å². The number of nitrogens with zero attached hydrogens (tertiary/aromatic N) is 1. The van der Waals surface area contributed by atoms with Crippen molar-refractivity contribution in [2.45, 2.75) is 4.90 Å². The van der Waals surface area contributed by atoms with Crippen LogP contribution in [0.1, 0.15) is 11.3 Å². The minimum Gasteiger partial charge on any atom is -0.493 e. The van der Waals surface area contributed by atoms with Gasteiger partial charge in [0.05, 0.1) is 12.0 Å². The van der Waals surface area contributed by atoms with Gasteiger partial charge in [-0.15, -0.1) is 0 Å². The van der Waals surface area contributed by atoms with E-state index in [0.29, 0.717) is 5.56 Å². The van der Waals surface area contributed by atoms with Gasteiger partial charge in [-0.2, -0.15) is 8.42 Å². The van der Waals surface area contributed by atoms with E-state index in [0.717, 1.165) is 0 Å². The summed E-state index contributed by atoms with van der Waals surface area (Å²) < 4.78 is 35.1. The standard InChI is InChI=1S/C19H15N3O8S/c1-29-16-11-12(7-9-14-17(22(25)26)18(23)21-19(24)20-14)8-10-15(16)30-31(27,28)13-5-3-2-4-6-13/h2-11H,1H3,(H2,20,21,23,24)/b9-7+. The number of hydrogen-bond acceptors (Lipinski definition) is 8. The Labute approximate surface area is 174 Å². The first-order chi connectivity index (χ1) is 14.7. The van der Waals surface area contributed by atoms with E-state index in [1.165, 1.54) is 49.6 Å². The molecule has 1 aromatic heterocycles. The molecule has 0 atom stereocenters. The maximum Gasteiger partial charge on any atom is 0.357 e. The second-order valence-electron chi connectivity index (χ2n) is 6.02. The predicted octanol–water partition coefficient (Wildman–Crippen LogP) is 1.92. The zero-order chi connectivity index (χ0) is 22.6. The molecular weight excluding hydrogens is 430 g/mol. The van der Waals surface area contributed by atoms with Crippen LogP contribution in [-0.4, -0.2) is 30.4 Å². The number of nitrogens with one attached hydrogen (secondary N) is 2.